The minimum Gasteiger partial charge on any atom is -0.481 e. The van der Waals surface area contributed by atoms with Crippen molar-refractivity contribution in [1.82, 2.24) is 10.6 Å². The zero-order chi connectivity index (χ0) is 14.5. The Morgan fingerprint density at radius 1 is 1.35 bits per heavy atom. The molecule has 0 fully saturated rings. The minimum atomic E-state index is -0.915. The molecule has 1 aromatic carbocycles. The Labute approximate surface area is 118 Å². The van der Waals surface area contributed by atoms with Gasteiger partial charge in [-0.2, -0.15) is 0 Å². The molecule has 5 nitrogen and oxygen atoms in total. The Hall–Kier alpha value is -2.04. The van der Waals surface area contributed by atoms with Gasteiger partial charge in [0.05, 0.1) is 12.5 Å². The van der Waals surface area contributed by atoms with Crippen molar-refractivity contribution < 1.29 is 14.7 Å². The fourth-order valence-corrected chi connectivity index (χ4v) is 2.62. The van der Waals surface area contributed by atoms with Crippen LogP contribution in [-0.2, 0) is 11.2 Å². The zero-order valence-corrected chi connectivity index (χ0v) is 11.6. The number of hydrogen-bond donors (Lipinski definition) is 3. The highest BCUT2D eigenvalue weighted by atomic mass is 16.4. The lowest BCUT2D eigenvalue weighted by Crippen LogP contribution is -2.42. The number of carboxylic acid groups (broad SMARTS) is 1. The van der Waals surface area contributed by atoms with E-state index in [0.717, 1.165) is 12.8 Å². The molecule has 0 saturated carbocycles. The van der Waals surface area contributed by atoms with Crippen LogP contribution in [0.3, 0.4) is 0 Å². The maximum atomic E-state index is 11.8. The number of carbonyl (C=O) groups is 2. The highest BCUT2D eigenvalue weighted by Gasteiger charge is 2.27. The van der Waals surface area contributed by atoms with Gasteiger partial charge in [-0.1, -0.05) is 31.2 Å². The van der Waals surface area contributed by atoms with Crippen molar-refractivity contribution in [3.63, 3.8) is 0 Å². The molecule has 1 aromatic rings. The fraction of sp³-hybridized carbons (Fsp3) is 0.467. The van der Waals surface area contributed by atoms with Gasteiger partial charge in [-0.05, 0) is 29.9 Å². The number of urea groups is 1. The van der Waals surface area contributed by atoms with E-state index in [-0.39, 0.29) is 25.0 Å². The van der Waals surface area contributed by atoms with Gasteiger partial charge in [0.2, 0.25) is 0 Å². The third-order valence-electron chi connectivity index (χ3n) is 3.74. The molecule has 2 atom stereocenters. The Balaban J connectivity index is 1.98. The van der Waals surface area contributed by atoms with Crippen LogP contribution < -0.4 is 10.6 Å². The molecule has 1 aliphatic rings. The molecule has 3 N–H and O–H groups in total. The maximum absolute atomic E-state index is 11.8. The van der Waals surface area contributed by atoms with Crippen LogP contribution in [0.25, 0.3) is 0 Å². The van der Waals surface area contributed by atoms with Gasteiger partial charge < -0.3 is 15.7 Å². The molecule has 1 aliphatic carbocycles. The van der Waals surface area contributed by atoms with Gasteiger partial charge >= 0.3 is 12.0 Å². The van der Waals surface area contributed by atoms with Crippen LogP contribution in [0.15, 0.2) is 24.3 Å². The quantitative estimate of drug-likeness (QED) is 0.788. The monoisotopic (exact) mass is 276 g/mol. The first-order chi connectivity index (χ1) is 9.58. The highest BCUT2D eigenvalue weighted by molar-refractivity contribution is 5.75. The molecule has 0 radical (unpaired) electrons. The molecule has 0 spiro atoms. The summed E-state index contributed by atoms with van der Waals surface area (Å²) in [6, 6.07) is 7.82. The lowest BCUT2D eigenvalue weighted by atomic mass is 9.81. The number of aliphatic carboxylic acids is 1. The fourth-order valence-electron chi connectivity index (χ4n) is 2.62. The van der Waals surface area contributed by atoms with Crippen molar-refractivity contribution in [3.05, 3.63) is 35.4 Å². The van der Waals surface area contributed by atoms with Gasteiger partial charge in [0.1, 0.15) is 0 Å². The standard InChI is InChI=1S/C15H20N2O3/c1-10-6-7-11-4-2-3-5-12(11)14(10)17-15(20)16-9-8-13(18)19/h2-5,10,14H,6-9H2,1H3,(H,18,19)(H2,16,17,20). The number of nitrogens with one attached hydrogen (secondary N) is 2. The van der Waals surface area contributed by atoms with E-state index < -0.39 is 5.97 Å². The molecule has 5 heteroatoms. The average Bonchev–Trinajstić information content (AvgIpc) is 2.41. The number of amides is 2. The van der Waals surface area contributed by atoms with Crippen LogP contribution in [0.5, 0.6) is 0 Å². The number of benzene rings is 1. The third kappa shape index (κ3) is 3.50. The van der Waals surface area contributed by atoms with Crippen molar-refractivity contribution in [2.24, 2.45) is 5.92 Å². The first kappa shape index (κ1) is 14.4. The van der Waals surface area contributed by atoms with E-state index in [4.69, 9.17) is 5.11 Å². The number of rotatable bonds is 4. The first-order valence-electron chi connectivity index (χ1n) is 6.92. The van der Waals surface area contributed by atoms with Gasteiger partial charge in [0, 0.05) is 6.54 Å². The largest absolute Gasteiger partial charge is 0.481 e. The van der Waals surface area contributed by atoms with Crippen molar-refractivity contribution in [2.45, 2.75) is 32.2 Å². The van der Waals surface area contributed by atoms with Crippen LogP contribution in [0.1, 0.15) is 36.9 Å². The second kappa shape index (κ2) is 6.41. The highest BCUT2D eigenvalue weighted by Crippen LogP contribution is 2.33. The van der Waals surface area contributed by atoms with Crippen LogP contribution >= 0.6 is 0 Å². The molecule has 0 heterocycles. The Kier molecular flexibility index (Phi) is 4.61. The van der Waals surface area contributed by atoms with Gasteiger partial charge in [0.25, 0.3) is 0 Å². The summed E-state index contributed by atoms with van der Waals surface area (Å²) in [5.41, 5.74) is 2.45. The topological polar surface area (TPSA) is 78.4 Å². The van der Waals surface area contributed by atoms with Crippen LogP contribution in [0, 0.1) is 5.92 Å². The number of carboxylic acids is 1. The van der Waals surface area contributed by atoms with Crippen molar-refractivity contribution in [1.29, 1.82) is 0 Å². The van der Waals surface area contributed by atoms with E-state index >= 15 is 0 Å². The zero-order valence-electron chi connectivity index (χ0n) is 11.6. The second-order valence-electron chi connectivity index (χ2n) is 5.24. The Bertz CT molecular complexity index is 502. The van der Waals surface area contributed by atoms with Crippen molar-refractivity contribution in [2.75, 3.05) is 6.54 Å². The van der Waals surface area contributed by atoms with Gasteiger partial charge in [-0.3, -0.25) is 4.79 Å². The summed E-state index contributed by atoms with van der Waals surface area (Å²) in [4.78, 5) is 22.2. The van der Waals surface area contributed by atoms with Crippen molar-refractivity contribution >= 4 is 12.0 Å². The third-order valence-corrected chi connectivity index (χ3v) is 3.74. The summed E-state index contributed by atoms with van der Waals surface area (Å²) in [5, 5.41) is 14.1. The average molecular weight is 276 g/mol. The van der Waals surface area contributed by atoms with E-state index in [9.17, 15) is 9.59 Å². The van der Waals surface area contributed by atoms with E-state index in [0.29, 0.717) is 5.92 Å². The molecule has 2 rings (SSSR count). The number of aryl methyl sites for hydroxylation is 1. The van der Waals surface area contributed by atoms with Crippen LogP contribution in [-0.4, -0.2) is 23.7 Å². The molecule has 2 amide bonds. The lowest BCUT2D eigenvalue weighted by molar-refractivity contribution is -0.136. The molecule has 20 heavy (non-hydrogen) atoms. The SMILES string of the molecule is CC1CCc2ccccc2C1NC(=O)NCCC(=O)O. The molecule has 0 bridgehead atoms. The molecular formula is C15H20N2O3. The number of hydrogen-bond acceptors (Lipinski definition) is 2. The van der Waals surface area contributed by atoms with Crippen LogP contribution in [0.4, 0.5) is 4.79 Å². The normalized spacial score (nSPS) is 20.9. The van der Waals surface area contributed by atoms with Gasteiger partial charge in [-0.25, -0.2) is 4.79 Å². The van der Waals surface area contributed by atoms with E-state index in [1.807, 2.05) is 18.2 Å². The molecular weight excluding hydrogens is 256 g/mol. The maximum Gasteiger partial charge on any atom is 0.315 e. The Morgan fingerprint density at radius 3 is 2.85 bits per heavy atom. The molecule has 2 unspecified atom stereocenters. The smallest absolute Gasteiger partial charge is 0.315 e. The number of fused-ring (bicyclic) bond motifs is 1. The van der Waals surface area contributed by atoms with Crippen LogP contribution in [0.2, 0.25) is 0 Å². The predicted molar refractivity (Wildman–Crippen MR) is 75.5 cm³/mol. The summed E-state index contributed by atoms with van der Waals surface area (Å²) in [6.07, 6.45) is 2.01. The van der Waals surface area contributed by atoms with E-state index in [1.165, 1.54) is 11.1 Å². The number of carbonyl (C=O) groups excluding carboxylic acids is 1. The molecule has 0 aliphatic heterocycles. The predicted octanol–water partition coefficient (Wildman–Crippen LogP) is 2.08. The lowest BCUT2D eigenvalue weighted by Gasteiger charge is -2.32. The minimum absolute atomic E-state index is 0.00946. The van der Waals surface area contributed by atoms with Crippen molar-refractivity contribution in [3.8, 4) is 0 Å². The summed E-state index contributed by atoms with van der Waals surface area (Å²) < 4.78 is 0. The summed E-state index contributed by atoms with van der Waals surface area (Å²) in [6.45, 7) is 2.27. The molecule has 0 saturated heterocycles. The molecule has 0 aromatic heterocycles. The van der Waals surface area contributed by atoms with Gasteiger partial charge in [0.15, 0.2) is 0 Å². The molecule has 108 valence electrons. The Morgan fingerprint density at radius 2 is 2.10 bits per heavy atom. The summed E-state index contributed by atoms with van der Waals surface area (Å²) in [5.74, 6) is -0.545. The van der Waals surface area contributed by atoms with E-state index in [1.54, 1.807) is 0 Å². The summed E-state index contributed by atoms with van der Waals surface area (Å²) in [7, 11) is 0. The van der Waals surface area contributed by atoms with Gasteiger partial charge in [-0.15, -0.1) is 0 Å². The summed E-state index contributed by atoms with van der Waals surface area (Å²) >= 11 is 0. The van der Waals surface area contributed by atoms with E-state index in [2.05, 4.69) is 23.6 Å². The first-order valence-corrected chi connectivity index (χ1v) is 6.92. The second-order valence-corrected chi connectivity index (χ2v) is 5.24.